The number of halogens is 7. The van der Waals surface area contributed by atoms with Gasteiger partial charge >= 0.3 is 12.4 Å². The van der Waals surface area contributed by atoms with Gasteiger partial charge in [0.05, 0.1) is 23.8 Å². The largest absolute Gasteiger partial charge is 0.476 e. The molecular formula is C16H15F7N2O2S. The molecule has 0 spiro atoms. The van der Waals surface area contributed by atoms with E-state index in [1.54, 1.807) is 0 Å². The molecule has 1 heterocycles. The van der Waals surface area contributed by atoms with E-state index in [1.165, 1.54) is 19.9 Å². The first-order valence-corrected chi connectivity index (χ1v) is 9.10. The maximum atomic E-state index is 14.3. The SMILES string of the molecule is Cc1cc(F)c(-n2nc(OCCC(F)(F)F)cc2C)cc1S(=O)CC(F)(F)F. The van der Waals surface area contributed by atoms with Crippen molar-refractivity contribution < 1.29 is 39.7 Å². The third kappa shape index (κ3) is 5.94. The van der Waals surface area contributed by atoms with E-state index in [2.05, 4.69) is 5.10 Å². The monoisotopic (exact) mass is 432 g/mol. The number of benzene rings is 1. The van der Waals surface area contributed by atoms with Gasteiger partial charge in [0.2, 0.25) is 5.88 Å². The lowest BCUT2D eigenvalue weighted by molar-refractivity contribution is -0.139. The van der Waals surface area contributed by atoms with Crippen LogP contribution in [-0.2, 0) is 10.8 Å². The predicted molar refractivity (Wildman–Crippen MR) is 86.5 cm³/mol. The Bertz CT molecular complexity index is 875. The number of ether oxygens (including phenoxy) is 1. The lowest BCUT2D eigenvalue weighted by Crippen LogP contribution is -2.19. The van der Waals surface area contributed by atoms with Gasteiger partial charge in [-0.1, -0.05) is 0 Å². The summed E-state index contributed by atoms with van der Waals surface area (Å²) in [6, 6.07) is 3.15. The van der Waals surface area contributed by atoms with Crippen LogP contribution in [0.25, 0.3) is 5.69 Å². The van der Waals surface area contributed by atoms with Crippen molar-refractivity contribution in [2.45, 2.75) is 37.5 Å². The Balaban J connectivity index is 2.32. The van der Waals surface area contributed by atoms with E-state index in [1.807, 2.05) is 0 Å². The fraction of sp³-hybridized carbons (Fsp3) is 0.438. The van der Waals surface area contributed by atoms with Gasteiger partial charge in [-0.3, -0.25) is 4.21 Å². The van der Waals surface area contributed by atoms with E-state index >= 15 is 0 Å². The molecule has 12 heteroatoms. The van der Waals surface area contributed by atoms with Gasteiger partial charge in [0.25, 0.3) is 0 Å². The summed E-state index contributed by atoms with van der Waals surface area (Å²) in [6.45, 7) is 2.07. The molecule has 0 saturated carbocycles. The highest BCUT2D eigenvalue weighted by atomic mass is 32.2. The molecule has 0 aliphatic rings. The van der Waals surface area contributed by atoms with Gasteiger partial charge in [-0.05, 0) is 31.5 Å². The topological polar surface area (TPSA) is 44.1 Å². The Labute approximate surface area is 157 Å². The summed E-state index contributed by atoms with van der Waals surface area (Å²) in [4.78, 5) is -0.219. The van der Waals surface area contributed by atoms with E-state index < -0.39 is 47.7 Å². The molecule has 28 heavy (non-hydrogen) atoms. The number of aromatic nitrogens is 2. The summed E-state index contributed by atoms with van der Waals surface area (Å²) in [5, 5.41) is 3.83. The van der Waals surface area contributed by atoms with Crippen LogP contribution < -0.4 is 4.74 Å². The Morgan fingerprint density at radius 1 is 1.07 bits per heavy atom. The standard InChI is InChI=1S/C16H15F7N2O2S/c1-9-5-11(17)12(7-13(9)28(26)8-16(21,22)23)25-10(2)6-14(24-25)27-4-3-15(18,19)20/h5-7H,3-4,8H2,1-2H3. The van der Waals surface area contributed by atoms with Crippen LogP contribution in [0.5, 0.6) is 5.88 Å². The van der Waals surface area contributed by atoms with Crippen molar-refractivity contribution in [3.05, 3.63) is 35.3 Å². The van der Waals surface area contributed by atoms with Gasteiger partial charge in [0, 0.05) is 16.7 Å². The lowest BCUT2D eigenvalue weighted by atomic mass is 10.2. The molecule has 0 N–H and O–H groups in total. The lowest BCUT2D eigenvalue weighted by Gasteiger charge is -2.12. The van der Waals surface area contributed by atoms with Crippen molar-refractivity contribution in [1.29, 1.82) is 0 Å². The summed E-state index contributed by atoms with van der Waals surface area (Å²) in [7, 11) is -2.46. The van der Waals surface area contributed by atoms with Gasteiger partial charge < -0.3 is 4.74 Å². The fourth-order valence-corrected chi connectivity index (χ4v) is 3.42. The molecule has 0 radical (unpaired) electrons. The Morgan fingerprint density at radius 3 is 2.29 bits per heavy atom. The molecule has 4 nitrogen and oxygen atoms in total. The second kappa shape index (κ2) is 8.10. The van der Waals surface area contributed by atoms with Crippen LogP contribution >= 0.6 is 0 Å². The number of alkyl halides is 6. The van der Waals surface area contributed by atoms with Crippen molar-refractivity contribution >= 4 is 10.8 Å². The van der Waals surface area contributed by atoms with Crippen LogP contribution in [-0.4, -0.2) is 38.7 Å². The molecule has 0 aliphatic carbocycles. The minimum atomic E-state index is -4.67. The van der Waals surface area contributed by atoms with Crippen LogP contribution in [0.3, 0.4) is 0 Å². The predicted octanol–water partition coefficient (Wildman–Crippen LogP) is 4.63. The summed E-state index contributed by atoms with van der Waals surface area (Å²) in [5.41, 5.74) is 0.0342. The second-order valence-corrected chi connectivity index (χ2v) is 7.34. The molecule has 0 aliphatic heterocycles. The number of aryl methyl sites for hydroxylation is 2. The van der Waals surface area contributed by atoms with Crippen LogP contribution in [0.1, 0.15) is 17.7 Å². The minimum absolute atomic E-state index is 0.0651. The second-order valence-electron chi connectivity index (χ2n) is 5.92. The Hall–Kier alpha value is -2.11. The first kappa shape index (κ1) is 22.2. The van der Waals surface area contributed by atoms with Gasteiger partial charge in [0.15, 0.2) is 0 Å². The zero-order chi connectivity index (χ0) is 21.3. The first-order valence-electron chi connectivity index (χ1n) is 7.79. The number of hydrogen-bond donors (Lipinski definition) is 0. The fourth-order valence-electron chi connectivity index (χ4n) is 2.31. The Morgan fingerprint density at radius 2 is 1.71 bits per heavy atom. The van der Waals surface area contributed by atoms with Crippen LogP contribution in [0, 0.1) is 19.7 Å². The quantitative estimate of drug-likeness (QED) is 0.626. The average molecular weight is 432 g/mol. The number of rotatable bonds is 6. The molecule has 1 aromatic carbocycles. The zero-order valence-electron chi connectivity index (χ0n) is 14.6. The van der Waals surface area contributed by atoms with E-state index in [-0.39, 0.29) is 27.7 Å². The zero-order valence-corrected chi connectivity index (χ0v) is 15.4. The highest BCUT2D eigenvalue weighted by molar-refractivity contribution is 7.85. The van der Waals surface area contributed by atoms with E-state index in [0.29, 0.717) is 0 Å². The van der Waals surface area contributed by atoms with Gasteiger partial charge in [-0.15, -0.1) is 5.10 Å². The Kier molecular flexibility index (Phi) is 6.41. The van der Waals surface area contributed by atoms with Gasteiger partial charge in [-0.25, -0.2) is 9.07 Å². The molecule has 1 aromatic heterocycles. The number of hydrogen-bond acceptors (Lipinski definition) is 3. The van der Waals surface area contributed by atoms with Crippen molar-refractivity contribution in [2.24, 2.45) is 0 Å². The molecule has 2 rings (SSSR count). The van der Waals surface area contributed by atoms with Gasteiger partial charge in [0.1, 0.15) is 17.3 Å². The molecule has 0 bridgehead atoms. The molecule has 0 fully saturated rings. The maximum absolute atomic E-state index is 14.3. The molecule has 0 saturated heterocycles. The molecule has 1 atom stereocenters. The molecule has 1 unspecified atom stereocenters. The van der Waals surface area contributed by atoms with Crippen molar-refractivity contribution in [1.82, 2.24) is 9.78 Å². The van der Waals surface area contributed by atoms with Gasteiger partial charge in [-0.2, -0.15) is 26.3 Å². The summed E-state index contributed by atoms with van der Waals surface area (Å²) in [5.74, 6) is -2.65. The highest BCUT2D eigenvalue weighted by Crippen LogP contribution is 2.27. The van der Waals surface area contributed by atoms with Crippen LogP contribution in [0.15, 0.2) is 23.1 Å². The minimum Gasteiger partial charge on any atom is -0.476 e. The van der Waals surface area contributed by atoms with E-state index in [0.717, 1.165) is 16.8 Å². The maximum Gasteiger partial charge on any atom is 0.400 e. The van der Waals surface area contributed by atoms with Crippen LogP contribution in [0.2, 0.25) is 0 Å². The average Bonchev–Trinajstić information content (AvgIpc) is 2.84. The van der Waals surface area contributed by atoms with Crippen molar-refractivity contribution in [3.63, 3.8) is 0 Å². The molecular weight excluding hydrogens is 417 g/mol. The summed E-state index contributed by atoms with van der Waals surface area (Å²) < 4.78 is 106. The third-order valence-corrected chi connectivity index (χ3v) is 5.03. The van der Waals surface area contributed by atoms with Crippen molar-refractivity contribution in [2.75, 3.05) is 12.4 Å². The highest BCUT2D eigenvalue weighted by Gasteiger charge is 2.32. The summed E-state index contributed by atoms with van der Waals surface area (Å²) >= 11 is 0. The third-order valence-electron chi connectivity index (χ3n) is 3.51. The summed E-state index contributed by atoms with van der Waals surface area (Å²) in [6.07, 6.45) is -10.3. The normalized spacial score (nSPS) is 13.6. The van der Waals surface area contributed by atoms with Crippen LogP contribution in [0.4, 0.5) is 30.7 Å². The van der Waals surface area contributed by atoms with Crippen molar-refractivity contribution in [3.8, 4) is 11.6 Å². The van der Waals surface area contributed by atoms with E-state index in [4.69, 9.17) is 4.74 Å². The number of nitrogens with zero attached hydrogens (tertiary/aromatic N) is 2. The molecule has 156 valence electrons. The first-order chi connectivity index (χ1) is 12.8. The smallest absolute Gasteiger partial charge is 0.400 e. The molecule has 0 amide bonds. The molecule has 2 aromatic rings. The van der Waals surface area contributed by atoms with E-state index in [9.17, 15) is 34.9 Å².